The van der Waals surface area contributed by atoms with Gasteiger partial charge in [-0.3, -0.25) is 4.79 Å². The van der Waals surface area contributed by atoms with Crippen molar-refractivity contribution in [2.45, 2.75) is 12.6 Å². The molecule has 6 nitrogen and oxygen atoms in total. The molecule has 1 atom stereocenters. The minimum Gasteiger partial charge on any atom is -0.417 e. The van der Waals surface area contributed by atoms with Gasteiger partial charge in [-0.1, -0.05) is 24.3 Å². The van der Waals surface area contributed by atoms with Gasteiger partial charge in [0, 0.05) is 23.7 Å². The minimum atomic E-state index is -1.16. The highest BCUT2D eigenvalue weighted by Crippen LogP contribution is 2.30. The van der Waals surface area contributed by atoms with E-state index in [0.717, 1.165) is 0 Å². The maximum atomic E-state index is 12.4. The average molecular weight is 371 g/mol. The number of hydrogen-bond acceptors (Lipinski definition) is 6. The lowest BCUT2D eigenvalue weighted by molar-refractivity contribution is 0.0724. The van der Waals surface area contributed by atoms with E-state index >= 15 is 0 Å². The fraction of sp³-hybridized carbons (Fsp3) is 0.158. The highest BCUT2D eigenvalue weighted by Gasteiger charge is 2.24. The van der Waals surface area contributed by atoms with Crippen LogP contribution in [0.3, 0.4) is 0 Å². The van der Waals surface area contributed by atoms with E-state index in [1.165, 1.54) is 28.2 Å². The smallest absolute Gasteiger partial charge is 0.343 e. The van der Waals surface area contributed by atoms with Crippen molar-refractivity contribution in [3.63, 3.8) is 0 Å². The monoisotopic (exact) mass is 371 g/mol. The fourth-order valence-electron chi connectivity index (χ4n) is 2.56. The quantitative estimate of drug-likeness (QED) is 0.649. The van der Waals surface area contributed by atoms with Crippen LogP contribution in [0.25, 0.3) is 0 Å². The minimum absolute atomic E-state index is 0.137. The van der Waals surface area contributed by atoms with Gasteiger partial charge in [0.15, 0.2) is 0 Å². The second-order valence-corrected chi connectivity index (χ2v) is 6.46. The van der Waals surface area contributed by atoms with Gasteiger partial charge in [-0.25, -0.2) is 4.79 Å². The molecule has 7 heteroatoms. The van der Waals surface area contributed by atoms with Crippen molar-refractivity contribution >= 4 is 17.3 Å². The summed E-state index contributed by atoms with van der Waals surface area (Å²) in [5.41, 5.74) is -0.0895. The lowest BCUT2D eigenvalue weighted by Crippen LogP contribution is -2.23. The van der Waals surface area contributed by atoms with Gasteiger partial charge in [-0.2, -0.15) is 0 Å². The molecule has 3 aromatic rings. The van der Waals surface area contributed by atoms with Crippen LogP contribution in [0.1, 0.15) is 27.0 Å². The zero-order chi connectivity index (χ0) is 18.5. The van der Waals surface area contributed by atoms with Gasteiger partial charge in [-0.15, -0.1) is 11.3 Å². The maximum absolute atomic E-state index is 12.4. The Morgan fingerprint density at radius 1 is 1.15 bits per heavy atom. The molecule has 26 heavy (non-hydrogen) atoms. The molecule has 0 aliphatic rings. The van der Waals surface area contributed by atoms with Gasteiger partial charge in [0.1, 0.15) is 6.10 Å². The number of aliphatic hydroxyl groups excluding tert-OH is 2. The molecule has 0 aliphatic heterocycles. The Morgan fingerprint density at radius 3 is 2.58 bits per heavy atom. The number of esters is 1. The molecular formula is C19H17NO5S. The highest BCUT2D eigenvalue weighted by atomic mass is 32.1. The fourth-order valence-corrected chi connectivity index (χ4v) is 3.28. The van der Waals surface area contributed by atoms with Crippen LogP contribution >= 0.6 is 11.3 Å². The van der Waals surface area contributed by atoms with Gasteiger partial charge in [0.05, 0.1) is 17.9 Å². The molecule has 2 aromatic heterocycles. The molecule has 0 aliphatic carbocycles. The number of aromatic nitrogens is 1. The zero-order valence-corrected chi connectivity index (χ0v) is 14.6. The van der Waals surface area contributed by atoms with Crippen molar-refractivity contribution in [3.8, 4) is 5.75 Å². The summed E-state index contributed by atoms with van der Waals surface area (Å²) in [7, 11) is 0. The number of thiophene rings is 1. The van der Waals surface area contributed by atoms with Crippen molar-refractivity contribution in [3.05, 3.63) is 86.5 Å². The van der Waals surface area contributed by atoms with Gasteiger partial charge in [0.25, 0.3) is 0 Å². The number of pyridine rings is 1. The first-order chi connectivity index (χ1) is 12.6. The van der Waals surface area contributed by atoms with E-state index in [9.17, 15) is 19.8 Å². The van der Waals surface area contributed by atoms with Gasteiger partial charge >= 0.3 is 5.97 Å². The molecule has 1 aromatic carbocycles. The van der Waals surface area contributed by atoms with Crippen LogP contribution < -0.4 is 10.2 Å². The van der Waals surface area contributed by atoms with E-state index < -0.39 is 17.5 Å². The Kier molecular flexibility index (Phi) is 5.62. The van der Waals surface area contributed by atoms with Gasteiger partial charge in [-0.05, 0) is 23.6 Å². The summed E-state index contributed by atoms with van der Waals surface area (Å²) in [5.74, 6) is -0.931. The van der Waals surface area contributed by atoms with Crippen LogP contribution in [-0.4, -0.2) is 27.4 Å². The first kappa shape index (κ1) is 18.1. The Labute approximate surface area is 153 Å². The number of carbonyl (C=O) groups is 1. The molecule has 0 fully saturated rings. The third kappa shape index (κ3) is 3.75. The molecule has 0 radical (unpaired) electrons. The van der Waals surface area contributed by atoms with E-state index in [0.29, 0.717) is 10.4 Å². The average Bonchev–Trinajstić information content (AvgIpc) is 3.19. The van der Waals surface area contributed by atoms with Crippen LogP contribution in [0, 0.1) is 0 Å². The summed E-state index contributed by atoms with van der Waals surface area (Å²) in [4.78, 5) is 25.4. The van der Waals surface area contributed by atoms with Crippen molar-refractivity contribution in [2.75, 3.05) is 6.61 Å². The predicted molar refractivity (Wildman–Crippen MR) is 97.6 cm³/mol. The summed E-state index contributed by atoms with van der Waals surface area (Å²) < 4.78 is 6.87. The number of aliphatic hydroxyl groups is 2. The first-order valence-corrected chi connectivity index (χ1v) is 8.82. The zero-order valence-electron chi connectivity index (χ0n) is 13.7. The Bertz CT molecular complexity index is 934. The van der Waals surface area contributed by atoms with E-state index in [-0.39, 0.29) is 24.6 Å². The van der Waals surface area contributed by atoms with E-state index in [1.807, 2.05) is 0 Å². The van der Waals surface area contributed by atoms with Crippen LogP contribution in [0.5, 0.6) is 5.75 Å². The molecular weight excluding hydrogens is 354 g/mol. The predicted octanol–water partition coefficient (Wildman–Crippen LogP) is 2.20. The molecule has 0 spiro atoms. The lowest BCUT2D eigenvalue weighted by atomic mass is 10.1. The Hall–Kier alpha value is -2.74. The first-order valence-electron chi connectivity index (χ1n) is 7.94. The molecule has 134 valence electrons. The number of hydrogen-bond donors (Lipinski definition) is 2. The van der Waals surface area contributed by atoms with Crippen LogP contribution in [0.15, 0.2) is 64.9 Å². The van der Waals surface area contributed by atoms with Gasteiger partial charge in [0.2, 0.25) is 11.2 Å². The normalized spacial score (nSPS) is 11.9. The second-order valence-electron chi connectivity index (χ2n) is 5.48. The van der Waals surface area contributed by atoms with Crippen LogP contribution in [0.4, 0.5) is 0 Å². The Balaban J connectivity index is 2.07. The highest BCUT2D eigenvalue weighted by molar-refractivity contribution is 7.10. The summed E-state index contributed by atoms with van der Waals surface area (Å²) in [6, 6.07) is 13.0. The maximum Gasteiger partial charge on any atom is 0.343 e. The van der Waals surface area contributed by atoms with E-state index in [4.69, 9.17) is 4.74 Å². The largest absolute Gasteiger partial charge is 0.417 e. The SMILES string of the molecule is O=C(Oc1c(C(O)c2cccs2)n(CCO)ccc1=O)c1ccccc1. The summed E-state index contributed by atoms with van der Waals surface area (Å²) in [6.07, 6.45) is 0.305. The summed E-state index contributed by atoms with van der Waals surface area (Å²) in [5, 5.41) is 21.8. The van der Waals surface area contributed by atoms with Crippen molar-refractivity contribution in [1.29, 1.82) is 0 Å². The number of rotatable bonds is 6. The third-order valence-electron chi connectivity index (χ3n) is 3.79. The molecule has 1 unspecified atom stereocenters. The molecule has 3 rings (SSSR count). The van der Waals surface area contributed by atoms with E-state index in [2.05, 4.69) is 0 Å². The van der Waals surface area contributed by atoms with Crippen molar-refractivity contribution < 1.29 is 19.7 Å². The van der Waals surface area contributed by atoms with Crippen LogP contribution in [0.2, 0.25) is 0 Å². The molecule has 0 bridgehead atoms. The van der Waals surface area contributed by atoms with Crippen molar-refractivity contribution in [2.24, 2.45) is 0 Å². The van der Waals surface area contributed by atoms with Crippen LogP contribution in [-0.2, 0) is 6.54 Å². The molecule has 0 saturated heterocycles. The lowest BCUT2D eigenvalue weighted by Gasteiger charge is -2.19. The van der Waals surface area contributed by atoms with Gasteiger partial charge < -0.3 is 19.5 Å². The molecule has 0 amide bonds. The summed E-state index contributed by atoms with van der Waals surface area (Å²) >= 11 is 1.31. The third-order valence-corrected chi connectivity index (χ3v) is 4.71. The topological polar surface area (TPSA) is 88.8 Å². The molecule has 0 saturated carbocycles. The molecule has 2 N–H and O–H groups in total. The molecule has 2 heterocycles. The van der Waals surface area contributed by atoms with Crippen molar-refractivity contribution in [1.82, 2.24) is 4.57 Å². The number of carbonyl (C=O) groups excluding carboxylic acids is 1. The number of benzene rings is 1. The van der Waals surface area contributed by atoms with E-state index in [1.54, 1.807) is 47.8 Å². The number of nitrogens with zero attached hydrogens (tertiary/aromatic N) is 1. The number of ether oxygens (including phenoxy) is 1. The standard InChI is InChI=1S/C19H17NO5S/c21-11-10-20-9-8-14(22)18(16(20)17(23)15-7-4-12-26-15)25-19(24)13-5-2-1-3-6-13/h1-9,12,17,21,23H,10-11H2. The second kappa shape index (κ2) is 8.09. The summed E-state index contributed by atoms with van der Waals surface area (Å²) in [6.45, 7) is -0.0486. The Morgan fingerprint density at radius 2 is 1.92 bits per heavy atom.